The molecule has 1 aliphatic carbocycles. The predicted octanol–water partition coefficient (Wildman–Crippen LogP) is 5.03. The number of rotatable bonds is 8. The van der Waals surface area contributed by atoms with Crippen molar-refractivity contribution in [3.05, 3.63) is 18.0 Å². The molecular weight excluding hydrogens is 448 g/mol. The van der Waals surface area contributed by atoms with Crippen molar-refractivity contribution < 1.29 is 5.11 Å². The molecule has 0 aromatic carbocycles. The molecule has 4 heterocycles. The second-order valence-corrected chi connectivity index (χ2v) is 12.0. The molecule has 3 fully saturated rings. The van der Waals surface area contributed by atoms with E-state index in [4.69, 9.17) is 9.97 Å². The maximum absolute atomic E-state index is 10.1. The molecule has 0 amide bonds. The van der Waals surface area contributed by atoms with Crippen molar-refractivity contribution in [3.8, 4) is 0 Å². The lowest BCUT2D eigenvalue weighted by Crippen LogP contribution is -2.40. The van der Waals surface area contributed by atoms with Crippen LogP contribution in [0.3, 0.4) is 0 Å². The number of nitrogens with one attached hydrogen (secondary N) is 1. The SMILES string of the molecule is CCCC(C)Nc1ncc2c(C3CCN(CC4CCN(C)CC4)CC3)cn(C3CCC(O)CC3)c2n1. The molecule has 0 spiro atoms. The minimum atomic E-state index is -0.141. The van der Waals surface area contributed by atoms with Gasteiger partial charge in [0.1, 0.15) is 5.65 Å². The minimum Gasteiger partial charge on any atom is -0.393 e. The Bertz CT molecular complexity index is 968. The molecule has 2 aromatic heterocycles. The molecule has 2 aliphatic heterocycles. The number of anilines is 1. The van der Waals surface area contributed by atoms with E-state index in [1.165, 1.54) is 69.4 Å². The zero-order valence-electron chi connectivity index (χ0n) is 22.8. The number of hydrogen-bond acceptors (Lipinski definition) is 6. The van der Waals surface area contributed by atoms with Crippen LogP contribution in [0.15, 0.2) is 12.4 Å². The summed E-state index contributed by atoms with van der Waals surface area (Å²) in [5.74, 6) is 2.20. The maximum atomic E-state index is 10.1. The van der Waals surface area contributed by atoms with Crippen LogP contribution < -0.4 is 5.32 Å². The van der Waals surface area contributed by atoms with Gasteiger partial charge in [-0.15, -0.1) is 0 Å². The molecular formula is C29H48N6O. The van der Waals surface area contributed by atoms with Gasteiger partial charge in [0.15, 0.2) is 0 Å². The standard InChI is InChI=1S/C29H48N6O/c1-4-5-21(2)31-29-30-18-26-27(20-35(28(26)32-29)24-6-8-25(36)9-7-24)23-12-16-34(17-13-23)19-22-10-14-33(3)15-11-22/h18,20-25,36H,4-17,19H2,1-3H3,(H,30,31,32). The number of piperidine rings is 2. The van der Waals surface area contributed by atoms with Crippen molar-refractivity contribution in [1.29, 1.82) is 0 Å². The van der Waals surface area contributed by atoms with Crippen LogP contribution in [0, 0.1) is 5.92 Å². The van der Waals surface area contributed by atoms with Gasteiger partial charge in [-0.25, -0.2) is 4.98 Å². The van der Waals surface area contributed by atoms with Crippen molar-refractivity contribution in [2.24, 2.45) is 5.92 Å². The average Bonchev–Trinajstić information content (AvgIpc) is 3.25. The van der Waals surface area contributed by atoms with Gasteiger partial charge in [0.25, 0.3) is 0 Å². The minimum absolute atomic E-state index is 0.141. The van der Waals surface area contributed by atoms with E-state index in [1.807, 2.05) is 0 Å². The van der Waals surface area contributed by atoms with E-state index < -0.39 is 0 Å². The summed E-state index contributed by atoms with van der Waals surface area (Å²) < 4.78 is 2.44. The molecule has 36 heavy (non-hydrogen) atoms. The quantitative estimate of drug-likeness (QED) is 0.534. The second kappa shape index (κ2) is 11.8. The molecule has 2 aromatic rings. The topological polar surface area (TPSA) is 69.5 Å². The molecule has 5 rings (SSSR count). The van der Waals surface area contributed by atoms with Gasteiger partial charge in [0.2, 0.25) is 5.95 Å². The molecule has 1 atom stereocenters. The highest BCUT2D eigenvalue weighted by Crippen LogP contribution is 2.38. The highest BCUT2D eigenvalue weighted by Gasteiger charge is 2.29. The Kier molecular flexibility index (Phi) is 8.49. The van der Waals surface area contributed by atoms with Gasteiger partial charge in [0, 0.05) is 36.4 Å². The summed E-state index contributed by atoms with van der Waals surface area (Å²) >= 11 is 0. The lowest BCUT2D eigenvalue weighted by molar-refractivity contribution is 0.111. The van der Waals surface area contributed by atoms with Gasteiger partial charge in [-0.05, 0) is 115 Å². The van der Waals surface area contributed by atoms with E-state index in [9.17, 15) is 5.11 Å². The van der Waals surface area contributed by atoms with Crippen LogP contribution in [-0.4, -0.2) is 81.4 Å². The molecule has 7 heteroatoms. The summed E-state index contributed by atoms with van der Waals surface area (Å²) in [6.45, 7) is 10.6. The van der Waals surface area contributed by atoms with Crippen LogP contribution in [0.2, 0.25) is 0 Å². The molecule has 2 saturated heterocycles. The summed E-state index contributed by atoms with van der Waals surface area (Å²) in [7, 11) is 2.25. The summed E-state index contributed by atoms with van der Waals surface area (Å²) in [5.41, 5.74) is 2.53. The third-order valence-electron chi connectivity index (χ3n) is 9.14. The highest BCUT2D eigenvalue weighted by atomic mass is 16.3. The Morgan fingerprint density at radius 1 is 1.03 bits per heavy atom. The van der Waals surface area contributed by atoms with E-state index in [-0.39, 0.29) is 6.10 Å². The van der Waals surface area contributed by atoms with E-state index >= 15 is 0 Å². The first-order chi connectivity index (χ1) is 17.5. The molecule has 3 aliphatic rings. The fourth-order valence-electron chi connectivity index (χ4n) is 6.83. The third kappa shape index (κ3) is 6.05. The Morgan fingerprint density at radius 2 is 1.75 bits per heavy atom. The highest BCUT2D eigenvalue weighted by molar-refractivity contribution is 5.81. The van der Waals surface area contributed by atoms with Gasteiger partial charge in [-0.3, -0.25) is 0 Å². The van der Waals surface area contributed by atoms with Crippen molar-refractivity contribution in [2.45, 2.75) is 102 Å². The fourth-order valence-corrected chi connectivity index (χ4v) is 6.83. The second-order valence-electron chi connectivity index (χ2n) is 12.0. The zero-order chi connectivity index (χ0) is 25.1. The van der Waals surface area contributed by atoms with Crippen LogP contribution in [0.1, 0.15) is 95.6 Å². The Balaban J connectivity index is 1.32. The van der Waals surface area contributed by atoms with Gasteiger partial charge >= 0.3 is 0 Å². The normalized spacial score (nSPS) is 26.4. The molecule has 0 radical (unpaired) electrons. The summed E-state index contributed by atoms with van der Waals surface area (Å²) in [6, 6.07) is 0.791. The molecule has 200 valence electrons. The van der Waals surface area contributed by atoms with Gasteiger partial charge in [0.05, 0.1) is 6.10 Å². The fraction of sp³-hybridized carbons (Fsp3) is 0.793. The Hall–Kier alpha value is -1.70. The van der Waals surface area contributed by atoms with Crippen LogP contribution in [0.5, 0.6) is 0 Å². The van der Waals surface area contributed by atoms with Gasteiger partial charge < -0.3 is 24.8 Å². The molecule has 1 unspecified atom stereocenters. The number of hydrogen-bond donors (Lipinski definition) is 2. The number of fused-ring (bicyclic) bond motifs is 1. The van der Waals surface area contributed by atoms with Crippen LogP contribution in [0.4, 0.5) is 5.95 Å². The first-order valence-corrected chi connectivity index (χ1v) is 14.7. The predicted molar refractivity (Wildman–Crippen MR) is 148 cm³/mol. The summed E-state index contributed by atoms with van der Waals surface area (Å²) in [5, 5.41) is 14.9. The summed E-state index contributed by atoms with van der Waals surface area (Å²) in [6.07, 6.45) is 15.6. The zero-order valence-corrected chi connectivity index (χ0v) is 22.8. The molecule has 0 bridgehead atoms. The van der Waals surface area contributed by atoms with E-state index in [0.29, 0.717) is 18.0 Å². The van der Waals surface area contributed by atoms with Crippen LogP contribution in [-0.2, 0) is 0 Å². The monoisotopic (exact) mass is 496 g/mol. The number of aromatic nitrogens is 3. The van der Waals surface area contributed by atoms with Crippen molar-refractivity contribution in [3.63, 3.8) is 0 Å². The Morgan fingerprint density at radius 3 is 2.44 bits per heavy atom. The van der Waals surface area contributed by atoms with Crippen molar-refractivity contribution >= 4 is 17.0 Å². The van der Waals surface area contributed by atoms with Crippen LogP contribution in [0.25, 0.3) is 11.0 Å². The van der Waals surface area contributed by atoms with E-state index in [2.05, 4.69) is 53.0 Å². The van der Waals surface area contributed by atoms with Gasteiger partial charge in [-0.1, -0.05) is 13.3 Å². The van der Waals surface area contributed by atoms with Crippen LogP contribution >= 0.6 is 0 Å². The maximum Gasteiger partial charge on any atom is 0.224 e. The smallest absolute Gasteiger partial charge is 0.224 e. The number of aliphatic hydroxyl groups is 1. The van der Waals surface area contributed by atoms with Crippen molar-refractivity contribution in [2.75, 3.05) is 45.1 Å². The average molecular weight is 497 g/mol. The summed E-state index contributed by atoms with van der Waals surface area (Å²) in [4.78, 5) is 15.0. The molecule has 2 N–H and O–H groups in total. The van der Waals surface area contributed by atoms with E-state index in [1.54, 1.807) is 0 Å². The lowest BCUT2D eigenvalue weighted by Gasteiger charge is -2.37. The third-order valence-corrected chi connectivity index (χ3v) is 9.14. The largest absolute Gasteiger partial charge is 0.393 e. The van der Waals surface area contributed by atoms with E-state index in [0.717, 1.165) is 56.0 Å². The Labute approximate surface area is 217 Å². The van der Waals surface area contributed by atoms with Crippen molar-refractivity contribution in [1.82, 2.24) is 24.3 Å². The molecule has 7 nitrogen and oxygen atoms in total. The first-order valence-electron chi connectivity index (χ1n) is 14.7. The first kappa shape index (κ1) is 25.9. The lowest BCUT2D eigenvalue weighted by atomic mass is 9.88. The number of aliphatic hydroxyl groups excluding tert-OH is 1. The number of nitrogens with zero attached hydrogens (tertiary/aromatic N) is 5. The number of likely N-dealkylation sites (tertiary alicyclic amines) is 2. The molecule has 1 saturated carbocycles. The van der Waals surface area contributed by atoms with Gasteiger partial charge in [-0.2, -0.15) is 4.98 Å².